The molecule has 130 valence electrons. The predicted octanol–water partition coefficient (Wildman–Crippen LogP) is 0.0978. The summed E-state index contributed by atoms with van der Waals surface area (Å²) in [5, 5.41) is 11.5. The summed E-state index contributed by atoms with van der Waals surface area (Å²) in [6, 6.07) is 13.0. The molecule has 2 aromatic carbocycles. The number of methoxy groups -OCH3 is 1. The number of nitrogens with zero attached hydrogens (tertiary/aromatic N) is 2. The normalized spacial score (nSPS) is 18.5. The lowest BCUT2D eigenvalue weighted by Crippen LogP contribution is -2.62. The monoisotopic (exact) mass is 339 g/mol. The van der Waals surface area contributed by atoms with Gasteiger partial charge in [-0.2, -0.15) is 0 Å². The highest BCUT2D eigenvalue weighted by atomic mass is 16.5. The molecular formula is C19H21N3O3. The van der Waals surface area contributed by atoms with E-state index in [2.05, 4.69) is 4.99 Å². The van der Waals surface area contributed by atoms with Crippen LogP contribution >= 0.6 is 0 Å². The first-order valence-electron chi connectivity index (χ1n) is 7.97. The van der Waals surface area contributed by atoms with Crippen LogP contribution in [0.3, 0.4) is 0 Å². The van der Waals surface area contributed by atoms with E-state index < -0.39 is 11.4 Å². The average molecular weight is 339 g/mol. The number of benzene rings is 2. The Kier molecular flexibility index (Phi) is 4.46. The summed E-state index contributed by atoms with van der Waals surface area (Å²) in [7, 11) is 1.59. The molecule has 1 heterocycles. The zero-order valence-electron chi connectivity index (χ0n) is 14.3. The predicted molar refractivity (Wildman–Crippen MR) is 95.8 cm³/mol. The minimum absolute atomic E-state index is 0.122. The van der Waals surface area contributed by atoms with Gasteiger partial charge >= 0.3 is 0 Å². The summed E-state index contributed by atoms with van der Waals surface area (Å²) in [4.78, 5) is 18.6. The summed E-state index contributed by atoms with van der Waals surface area (Å²) >= 11 is 0. The van der Waals surface area contributed by atoms with E-state index in [4.69, 9.17) is 10.5 Å². The number of nitrogens with two attached hydrogens (primary N) is 1. The maximum atomic E-state index is 12.4. The van der Waals surface area contributed by atoms with Crippen LogP contribution in [0.4, 0.5) is 5.69 Å². The van der Waals surface area contributed by atoms with E-state index >= 15 is 0 Å². The lowest BCUT2D eigenvalue weighted by atomic mass is 9.91. The molecule has 2 aromatic rings. The van der Waals surface area contributed by atoms with Crippen molar-refractivity contribution in [3.8, 4) is 5.75 Å². The molecule has 0 saturated heterocycles. The first-order valence-corrected chi connectivity index (χ1v) is 7.97. The SMILES string of the molecule is COc1ccc2c(c1)=NCC(C(N)=O)(N(CO)c1ccccc1C)C=2. The standard InChI is InChI=1S/C19H21N3O3/c1-13-5-3-4-6-17(13)22(12-23)19(18(20)24)10-14-7-8-15(25-2)9-16(14)21-11-19/h3-10,23H,11-12H2,1-2H3,(H2,20,24). The summed E-state index contributed by atoms with van der Waals surface area (Å²) in [6.45, 7) is 1.69. The Labute approximate surface area is 145 Å². The third-order valence-corrected chi connectivity index (χ3v) is 4.58. The van der Waals surface area contributed by atoms with Crippen LogP contribution in [-0.4, -0.2) is 36.9 Å². The van der Waals surface area contributed by atoms with E-state index in [1.807, 2.05) is 43.3 Å². The van der Waals surface area contributed by atoms with Gasteiger partial charge in [0.1, 0.15) is 12.5 Å². The van der Waals surface area contributed by atoms with Gasteiger partial charge in [-0.15, -0.1) is 0 Å². The molecule has 0 saturated carbocycles. The minimum atomic E-state index is -1.23. The summed E-state index contributed by atoms with van der Waals surface area (Å²) in [5.74, 6) is 0.135. The number of aliphatic hydroxyl groups is 1. The Balaban J connectivity index is 2.19. The quantitative estimate of drug-likeness (QED) is 0.756. The van der Waals surface area contributed by atoms with Gasteiger partial charge in [0.05, 0.1) is 19.0 Å². The molecule has 0 aromatic heterocycles. The van der Waals surface area contributed by atoms with Gasteiger partial charge in [0.25, 0.3) is 0 Å². The van der Waals surface area contributed by atoms with Crippen molar-refractivity contribution >= 4 is 17.7 Å². The molecule has 1 aliphatic rings. The van der Waals surface area contributed by atoms with Gasteiger partial charge < -0.3 is 20.5 Å². The Morgan fingerprint density at radius 2 is 2.12 bits per heavy atom. The maximum Gasteiger partial charge on any atom is 0.249 e. The fourth-order valence-electron chi connectivity index (χ4n) is 3.15. The number of aliphatic hydroxyl groups excluding tert-OH is 1. The maximum absolute atomic E-state index is 12.4. The number of rotatable bonds is 5. The summed E-state index contributed by atoms with van der Waals surface area (Å²) < 4.78 is 5.22. The Morgan fingerprint density at radius 1 is 1.36 bits per heavy atom. The number of amides is 1. The highest BCUT2D eigenvalue weighted by Gasteiger charge is 2.42. The average Bonchev–Trinajstić information content (AvgIpc) is 2.63. The van der Waals surface area contributed by atoms with Crippen molar-refractivity contribution in [1.82, 2.24) is 0 Å². The molecule has 0 fully saturated rings. The van der Waals surface area contributed by atoms with Crippen LogP contribution in [0.25, 0.3) is 6.08 Å². The molecule has 0 spiro atoms. The third kappa shape index (κ3) is 2.85. The minimum Gasteiger partial charge on any atom is -0.497 e. The van der Waals surface area contributed by atoms with Gasteiger partial charge in [-0.05, 0) is 42.0 Å². The molecule has 3 N–H and O–H groups in total. The van der Waals surface area contributed by atoms with E-state index in [-0.39, 0.29) is 13.3 Å². The van der Waals surface area contributed by atoms with E-state index in [9.17, 15) is 9.90 Å². The largest absolute Gasteiger partial charge is 0.497 e. The van der Waals surface area contributed by atoms with Crippen LogP contribution < -0.4 is 25.9 Å². The Morgan fingerprint density at radius 3 is 2.76 bits per heavy atom. The molecule has 3 rings (SSSR count). The van der Waals surface area contributed by atoms with Crippen molar-refractivity contribution < 1.29 is 14.6 Å². The number of carbonyl (C=O) groups excluding carboxylic acids is 1. The lowest BCUT2D eigenvalue weighted by molar-refractivity contribution is -0.121. The highest BCUT2D eigenvalue weighted by Crippen LogP contribution is 2.29. The zero-order valence-corrected chi connectivity index (χ0v) is 14.3. The topological polar surface area (TPSA) is 88.2 Å². The third-order valence-electron chi connectivity index (χ3n) is 4.58. The van der Waals surface area contributed by atoms with Gasteiger partial charge in [0.2, 0.25) is 5.91 Å². The second-order valence-electron chi connectivity index (χ2n) is 6.03. The Hall–Kier alpha value is -2.86. The second-order valence-corrected chi connectivity index (χ2v) is 6.03. The number of carbonyl (C=O) groups is 1. The van der Waals surface area contributed by atoms with Crippen LogP contribution in [0.1, 0.15) is 5.56 Å². The molecule has 1 aliphatic heterocycles. The molecule has 6 heteroatoms. The van der Waals surface area contributed by atoms with Crippen LogP contribution in [0.2, 0.25) is 0 Å². The van der Waals surface area contributed by atoms with Gasteiger partial charge in [-0.3, -0.25) is 9.79 Å². The van der Waals surface area contributed by atoms with Crippen molar-refractivity contribution in [2.75, 3.05) is 25.3 Å². The molecule has 0 radical (unpaired) electrons. The number of aryl methyl sites for hydroxylation is 1. The number of ether oxygens (including phenoxy) is 1. The van der Waals surface area contributed by atoms with Crippen molar-refractivity contribution in [1.29, 1.82) is 0 Å². The van der Waals surface area contributed by atoms with Crippen molar-refractivity contribution in [3.63, 3.8) is 0 Å². The number of hydrogen-bond acceptors (Lipinski definition) is 5. The van der Waals surface area contributed by atoms with Gasteiger partial charge in [-0.25, -0.2) is 0 Å². The van der Waals surface area contributed by atoms with E-state index in [0.717, 1.165) is 21.8 Å². The zero-order chi connectivity index (χ0) is 18.0. The highest BCUT2D eigenvalue weighted by molar-refractivity contribution is 5.96. The number of primary amides is 1. The smallest absolute Gasteiger partial charge is 0.249 e. The van der Waals surface area contributed by atoms with Crippen molar-refractivity contribution in [3.05, 3.63) is 58.6 Å². The number of fused-ring (bicyclic) bond motifs is 1. The Bertz CT molecular complexity index is 926. The molecule has 25 heavy (non-hydrogen) atoms. The fourth-order valence-corrected chi connectivity index (χ4v) is 3.15. The van der Waals surface area contributed by atoms with Crippen LogP contribution in [0.5, 0.6) is 5.75 Å². The van der Waals surface area contributed by atoms with Crippen LogP contribution in [0, 0.1) is 6.92 Å². The molecule has 6 nitrogen and oxygen atoms in total. The molecule has 0 aliphatic carbocycles. The van der Waals surface area contributed by atoms with Gasteiger partial charge in [0, 0.05) is 11.8 Å². The van der Waals surface area contributed by atoms with Crippen molar-refractivity contribution in [2.24, 2.45) is 10.7 Å². The first kappa shape index (κ1) is 17.0. The first-order chi connectivity index (χ1) is 12.0. The van der Waals surface area contributed by atoms with Crippen molar-refractivity contribution in [2.45, 2.75) is 12.5 Å². The molecular weight excluding hydrogens is 318 g/mol. The van der Waals surface area contributed by atoms with Crippen LogP contribution in [-0.2, 0) is 4.79 Å². The molecule has 1 atom stereocenters. The molecule has 1 amide bonds. The summed E-state index contributed by atoms with van der Waals surface area (Å²) in [6.07, 6.45) is 1.78. The summed E-state index contributed by atoms with van der Waals surface area (Å²) in [5.41, 5.74) is 6.22. The van der Waals surface area contributed by atoms with Crippen LogP contribution in [0.15, 0.2) is 47.5 Å². The number of para-hydroxylation sites is 1. The second kappa shape index (κ2) is 6.57. The number of hydrogen-bond donors (Lipinski definition) is 2. The number of anilines is 1. The van der Waals surface area contributed by atoms with E-state index in [0.29, 0.717) is 5.75 Å². The van der Waals surface area contributed by atoms with Gasteiger partial charge in [-0.1, -0.05) is 18.2 Å². The molecule has 0 bridgehead atoms. The van der Waals surface area contributed by atoms with E-state index in [1.54, 1.807) is 24.2 Å². The lowest BCUT2D eigenvalue weighted by Gasteiger charge is -2.40. The molecule has 1 unspecified atom stereocenters. The fraction of sp³-hybridized carbons (Fsp3) is 0.263. The van der Waals surface area contributed by atoms with E-state index in [1.165, 1.54) is 0 Å². The van der Waals surface area contributed by atoms with Gasteiger partial charge in [0.15, 0.2) is 5.54 Å².